The smallest absolute Gasteiger partial charge is 1.00 e. The maximum absolute atomic E-state index is 11.3. The fourth-order valence-corrected chi connectivity index (χ4v) is 2.37. The van der Waals surface area contributed by atoms with Gasteiger partial charge in [0, 0.05) is 12.7 Å². The van der Waals surface area contributed by atoms with Crippen LogP contribution in [-0.4, -0.2) is 39.9 Å². The van der Waals surface area contributed by atoms with E-state index in [0.29, 0.717) is 17.1 Å². The van der Waals surface area contributed by atoms with E-state index < -0.39 is 5.97 Å². The fourth-order valence-electron chi connectivity index (χ4n) is 2.37. The van der Waals surface area contributed by atoms with Crippen LogP contribution in [0.25, 0.3) is 16.9 Å². The molecule has 8 heteroatoms. The van der Waals surface area contributed by atoms with Gasteiger partial charge < -0.3 is 16.0 Å². The van der Waals surface area contributed by atoms with Crippen molar-refractivity contribution in [2.45, 2.75) is 6.61 Å². The first-order valence-electron chi connectivity index (χ1n) is 6.88. The average molecular weight is 337 g/mol. The van der Waals surface area contributed by atoms with Crippen LogP contribution in [0.1, 0.15) is 17.5 Å². The number of aromatic nitrogens is 3. The Morgan fingerprint density at radius 2 is 2.12 bits per heavy atom. The molecule has 3 aromatic rings. The Morgan fingerprint density at radius 1 is 1.33 bits per heavy atom. The van der Waals surface area contributed by atoms with Crippen molar-refractivity contribution in [1.29, 1.82) is 0 Å². The average Bonchev–Trinajstić information content (AvgIpc) is 2.98. The van der Waals surface area contributed by atoms with E-state index >= 15 is 0 Å². The minimum Gasteiger partial charge on any atom is -1.00 e. The van der Waals surface area contributed by atoms with E-state index in [1.54, 1.807) is 14.2 Å². The maximum atomic E-state index is 11.3. The fraction of sp³-hybridized carbons (Fsp3) is 0.188. The number of aromatic carboxylic acids is 1. The molecule has 2 heterocycles. The summed E-state index contributed by atoms with van der Waals surface area (Å²) in [5, 5.41) is 13.5. The zero-order valence-corrected chi connectivity index (χ0v) is 15.7. The molecule has 0 atom stereocenters. The first kappa shape index (κ1) is 18.4. The molecule has 0 saturated heterocycles. The molecular weight excluding hydrogens is 321 g/mol. The second-order valence-corrected chi connectivity index (χ2v) is 4.90. The first-order chi connectivity index (χ1) is 11.1. The predicted octanol–water partition coefficient (Wildman–Crippen LogP) is -0.634. The van der Waals surface area contributed by atoms with Crippen LogP contribution in [0.4, 0.5) is 0 Å². The molecule has 7 nitrogen and oxygen atoms in total. The first-order valence-corrected chi connectivity index (χ1v) is 6.88. The Morgan fingerprint density at radius 3 is 2.79 bits per heavy atom. The maximum Gasteiger partial charge on any atom is 1.00 e. The summed E-state index contributed by atoms with van der Waals surface area (Å²) >= 11 is 0. The SMILES string of the molecule is COCc1cc(-c2cccc(OC)c2)n2ncc(C(=O)O)c2n1.[H-].[Na+]. The van der Waals surface area contributed by atoms with E-state index in [1.807, 2.05) is 30.3 Å². The minimum absolute atomic E-state index is 0. The van der Waals surface area contributed by atoms with Crippen molar-refractivity contribution in [2.75, 3.05) is 14.2 Å². The molecule has 1 aromatic carbocycles. The van der Waals surface area contributed by atoms with Crippen LogP contribution < -0.4 is 34.3 Å². The number of carbonyl (C=O) groups is 1. The molecular formula is C16H16N3NaO4. The molecule has 0 saturated carbocycles. The van der Waals surface area contributed by atoms with Gasteiger partial charge in [-0.25, -0.2) is 14.3 Å². The Hall–Kier alpha value is -1.93. The van der Waals surface area contributed by atoms with Crippen LogP contribution in [0.2, 0.25) is 0 Å². The molecule has 1 N–H and O–H groups in total. The Labute approximate surface area is 162 Å². The van der Waals surface area contributed by atoms with Crippen molar-refractivity contribution in [2.24, 2.45) is 0 Å². The molecule has 24 heavy (non-hydrogen) atoms. The standard InChI is InChI=1S/C16H15N3O4.Na.H/c1-22-9-11-7-14(10-4-3-5-12(6-10)23-2)19-15(18-11)13(8-17-19)16(20)21;;/h3-8H,9H2,1-2H3,(H,20,21);;/q;+1;-1. The number of fused-ring (bicyclic) bond motifs is 1. The van der Waals surface area contributed by atoms with E-state index in [0.717, 1.165) is 5.56 Å². The largest absolute Gasteiger partial charge is 1.00 e. The van der Waals surface area contributed by atoms with Crippen LogP contribution in [0.3, 0.4) is 0 Å². The summed E-state index contributed by atoms with van der Waals surface area (Å²) in [6, 6.07) is 9.27. The number of benzene rings is 1. The van der Waals surface area contributed by atoms with Gasteiger partial charge in [-0.1, -0.05) is 12.1 Å². The molecule has 0 spiro atoms. The molecule has 0 aliphatic carbocycles. The number of hydrogen-bond donors (Lipinski definition) is 1. The van der Waals surface area contributed by atoms with Crippen LogP contribution >= 0.6 is 0 Å². The monoisotopic (exact) mass is 337 g/mol. The van der Waals surface area contributed by atoms with Crippen LogP contribution in [-0.2, 0) is 11.3 Å². The van der Waals surface area contributed by atoms with Gasteiger partial charge in [-0.15, -0.1) is 0 Å². The zero-order chi connectivity index (χ0) is 16.4. The summed E-state index contributed by atoms with van der Waals surface area (Å²) in [6.07, 6.45) is 1.30. The third-order valence-corrected chi connectivity index (χ3v) is 3.41. The number of carboxylic acid groups (broad SMARTS) is 1. The molecule has 0 aliphatic heterocycles. The van der Waals surface area contributed by atoms with E-state index in [9.17, 15) is 9.90 Å². The van der Waals surface area contributed by atoms with Crippen molar-refractivity contribution in [1.82, 2.24) is 14.6 Å². The Kier molecular flexibility index (Phi) is 5.95. The van der Waals surface area contributed by atoms with Gasteiger partial charge in [0.05, 0.1) is 31.3 Å². The van der Waals surface area contributed by atoms with Gasteiger partial charge in [0.15, 0.2) is 5.65 Å². The summed E-state index contributed by atoms with van der Waals surface area (Å²) in [6.45, 7) is 0.276. The van der Waals surface area contributed by atoms with Crippen molar-refractivity contribution in [3.63, 3.8) is 0 Å². The summed E-state index contributed by atoms with van der Waals surface area (Å²) < 4.78 is 11.9. The van der Waals surface area contributed by atoms with Crippen molar-refractivity contribution in [3.8, 4) is 17.0 Å². The summed E-state index contributed by atoms with van der Waals surface area (Å²) in [5.74, 6) is -0.370. The van der Waals surface area contributed by atoms with E-state index in [2.05, 4.69) is 10.1 Å². The molecule has 0 amide bonds. The van der Waals surface area contributed by atoms with Crippen molar-refractivity contribution in [3.05, 3.63) is 47.8 Å². The number of carboxylic acids is 1. The number of ether oxygens (including phenoxy) is 2. The topological polar surface area (TPSA) is 86.0 Å². The summed E-state index contributed by atoms with van der Waals surface area (Å²) in [7, 11) is 3.15. The van der Waals surface area contributed by atoms with Gasteiger partial charge in [0.25, 0.3) is 0 Å². The van der Waals surface area contributed by atoms with E-state index in [-0.39, 0.29) is 48.8 Å². The normalized spacial score (nSPS) is 10.4. The van der Waals surface area contributed by atoms with Gasteiger partial charge in [0.2, 0.25) is 0 Å². The second kappa shape index (κ2) is 7.76. The third kappa shape index (κ3) is 3.44. The molecule has 0 unspecified atom stereocenters. The molecule has 0 radical (unpaired) electrons. The molecule has 3 rings (SSSR count). The van der Waals surface area contributed by atoms with Gasteiger partial charge in [-0.05, 0) is 18.2 Å². The molecule has 0 bridgehead atoms. The van der Waals surface area contributed by atoms with Gasteiger partial charge in [0.1, 0.15) is 11.3 Å². The second-order valence-electron chi connectivity index (χ2n) is 4.90. The molecule has 0 fully saturated rings. The van der Waals surface area contributed by atoms with Gasteiger partial charge in [-0.2, -0.15) is 5.10 Å². The minimum atomic E-state index is -1.07. The van der Waals surface area contributed by atoms with E-state index in [4.69, 9.17) is 9.47 Å². The number of rotatable bonds is 5. The number of hydrogen-bond acceptors (Lipinski definition) is 5. The Bertz CT molecular complexity index is 885. The quantitative estimate of drug-likeness (QED) is 0.624. The van der Waals surface area contributed by atoms with E-state index in [1.165, 1.54) is 10.7 Å². The molecule has 0 aliphatic rings. The summed E-state index contributed by atoms with van der Waals surface area (Å²) in [4.78, 5) is 15.7. The number of methoxy groups -OCH3 is 2. The predicted molar refractivity (Wildman–Crippen MR) is 83.8 cm³/mol. The van der Waals surface area contributed by atoms with Crippen LogP contribution in [0, 0.1) is 0 Å². The Balaban J connectivity index is 0.00000156. The number of nitrogens with zero attached hydrogens (tertiary/aromatic N) is 3. The van der Waals surface area contributed by atoms with Crippen LogP contribution in [0.15, 0.2) is 36.5 Å². The van der Waals surface area contributed by atoms with Gasteiger partial charge in [-0.3, -0.25) is 0 Å². The van der Waals surface area contributed by atoms with Crippen molar-refractivity contribution >= 4 is 11.6 Å². The summed E-state index contributed by atoms with van der Waals surface area (Å²) in [5.41, 5.74) is 2.51. The molecule has 120 valence electrons. The van der Waals surface area contributed by atoms with Gasteiger partial charge >= 0.3 is 35.5 Å². The molecule has 2 aromatic heterocycles. The van der Waals surface area contributed by atoms with Crippen LogP contribution in [0.5, 0.6) is 5.75 Å². The zero-order valence-electron chi connectivity index (χ0n) is 14.7. The third-order valence-electron chi connectivity index (χ3n) is 3.41. The van der Waals surface area contributed by atoms with Crippen molar-refractivity contribution < 1.29 is 50.4 Å².